The van der Waals surface area contributed by atoms with Crippen molar-refractivity contribution in [2.24, 2.45) is 0 Å². The lowest BCUT2D eigenvalue weighted by Crippen LogP contribution is -2.37. The predicted molar refractivity (Wildman–Crippen MR) is 101 cm³/mol. The monoisotopic (exact) mass is 360 g/mol. The van der Waals surface area contributed by atoms with E-state index in [0.717, 1.165) is 37.8 Å². The van der Waals surface area contributed by atoms with Gasteiger partial charge in [-0.05, 0) is 49.8 Å². The van der Waals surface area contributed by atoms with Crippen LogP contribution in [0.4, 0.5) is 0 Å². The van der Waals surface area contributed by atoms with Crippen LogP contribution in [-0.4, -0.2) is 22.0 Å². The Morgan fingerprint density at radius 1 is 1.08 bits per heavy atom. The van der Waals surface area contributed by atoms with Gasteiger partial charge in [-0.25, -0.2) is 0 Å². The highest BCUT2D eigenvalue weighted by molar-refractivity contribution is 5.85. The van der Waals surface area contributed by atoms with Crippen LogP contribution in [0.3, 0.4) is 0 Å². The summed E-state index contributed by atoms with van der Waals surface area (Å²) in [6.07, 6.45) is 6.88. The molecular formula is C20H25ClN2O2. The van der Waals surface area contributed by atoms with Crippen LogP contribution in [0.5, 0.6) is 5.75 Å². The fourth-order valence-electron chi connectivity index (χ4n) is 3.37. The Bertz CT molecular complexity index is 653. The van der Waals surface area contributed by atoms with Gasteiger partial charge in [-0.3, -0.25) is 9.78 Å². The number of aromatic hydroxyl groups is 1. The number of nitrogens with zero attached hydrogens (tertiary/aromatic N) is 1. The fourth-order valence-corrected chi connectivity index (χ4v) is 3.37. The van der Waals surface area contributed by atoms with Crippen molar-refractivity contribution in [2.75, 3.05) is 0 Å². The van der Waals surface area contributed by atoms with Crippen LogP contribution < -0.4 is 5.32 Å². The quantitative estimate of drug-likeness (QED) is 0.847. The Morgan fingerprint density at radius 3 is 2.44 bits per heavy atom. The van der Waals surface area contributed by atoms with Gasteiger partial charge in [0.05, 0.1) is 6.20 Å². The molecular weight excluding hydrogens is 336 g/mol. The van der Waals surface area contributed by atoms with E-state index in [1.54, 1.807) is 6.07 Å². The van der Waals surface area contributed by atoms with Gasteiger partial charge in [0.2, 0.25) is 5.91 Å². The van der Waals surface area contributed by atoms with Crippen LogP contribution in [0, 0.1) is 0 Å². The Labute approximate surface area is 155 Å². The van der Waals surface area contributed by atoms with Gasteiger partial charge in [0.15, 0.2) is 0 Å². The Balaban J connectivity index is 0.00000225. The highest BCUT2D eigenvalue weighted by atomic mass is 35.5. The first-order valence-corrected chi connectivity index (χ1v) is 8.69. The lowest BCUT2D eigenvalue weighted by Gasteiger charge is -2.28. The minimum absolute atomic E-state index is 0. The maximum atomic E-state index is 12.1. The summed E-state index contributed by atoms with van der Waals surface area (Å²) in [7, 11) is 0. The van der Waals surface area contributed by atoms with E-state index in [4.69, 9.17) is 0 Å². The van der Waals surface area contributed by atoms with Crippen molar-refractivity contribution in [2.45, 2.75) is 50.5 Å². The molecule has 1 fully saturated rings. The molecule has 1 saturated carbocycles. The molecule has 0 radical (unpaired) electrons. The van der Waals surface area contributed by atoms with Crippen LogP contribution in [0.25, 0.3) is 0 Å². The molecule has 5 heteroatoms. The van der Waals surface area contributed by atoms with E-state index in [9.17, 15) is 9.90 Å². The van der Waals surface area contributed by atoms with Crippen LogP contribution in [-0.2, 0) is 11.2 Å². The zero-order chi connectivity index (χ0) is 16.8. The average Bonchev–Trinajstić information content (AvgIpc) is 2.62. The molecule has 2 aromatic rings. The third-order valence-electron chi connectivity index (χ3n) is 4.76. The normalized spacial score (nSPS) is 19.7. The molecule has 4 nitrogen and oxygen atoms in total. The summed E-state index contributed by atoms with van der Waals surface area (Å²) in [5, 5.41) is 12.5. The molecule has 0 bridgehead atoms. The van der Waals surface area contributed by atoms with Gasteiger partial charge in [0.25, 0.3) is 0 Å². The Hall–Kier alpha value is -2.07. The number of rotatable bonds is 5. The summed E-state index contributed by atoms with van der Waals surface area (Å²) in [5.41, 5.74) is 2.25. The summed E-state index contributed by atoms with van der Waals surface area (Å²) in [5.74, 6) is 0.784. The number of carbonyl (C=O) groups is 1. The maximum Gasteiger partial charge on any atom is 0.220 e. The lowest BCUT2D eigenvalue weighted by atomic mass is 9.84. The van der Waals surface area contributed by atoms with Crippen molar-refractivity contribution in [1.29, 1.82) is 0 Å². The number of aromatic nitrogens is 1. The van der Waals surface area contributed by atoms with E-state index >= 15 is 0 Å². The number of carbonyl (C=O) groups excluding carboxylic acids is 1. The van der Waals surface area contributed by atoms with Crippen molar-refractivity contribution < 1.29 is 9.90 Å². The topological polar surface area (TPSA) is 62.2 Å². The summed E-state index contributed by atoms with van der Waals surface area (Å²) < 4.78 is 0. The number of hydrogen-bond donors (Lipinski definition) is 2. The molecule has 1 aromatic carbocycles. The first-order chi connectivity index (χ1) is 11.7. The molecule has 0 spiro atoms. The van der Waals surface area contributed by atoms with Crippen molar-refractivity contribution in [3.05, 3.63) is 59.9 Å². The third kappa shape index (κ3) is 5.75. The molecule has 1 aromatic heterocycles. The van der Waals surface area contributed by atoms with Crippen LogP contribution >= 0.6 is 12.4 Å². The van der Waals surface area contributed by atoms with Gasteiger partial charge in [-0.15, -0.1) is 12.4 Å². The van der Waals surface area contributed by atoms with Crippen LogP contribution in [0.15, 0.2) is 48.7 Å². The minimum atomic E-state index is 0. The van der Waals surface area contributed by atoms with E-state index in [-0.39, 0.29) is 30.1 Å². The zero-order valence-electron chi connectivity index (χ0n) is 14.2. The number of amides is 1. The van der Waals surface area contributed by atoms with Gasteiger partial charge in [0.1, 0.15) is 5.75 Å². The molecule has 1 aliphatic carbocycles. The summed E-state index contributed by atoms with van der Waals surface area (Å²) in [6, 6.07) is 14.0. The number of halogens is 1. The molecule has 0 saturated heterocycles. The van der Waals surface area contributed by atoms with Gasteiger partial charge in [0, 0.05) is 24.1 Å². The van der Waals surface area contributed by atoms with Gasteiger partial charge < -0.3 is 10.4 Å². The minimum Gasteiger partial charge on any atom is -0.506 e. The molecule has 3 rings (SSSR count). The lowest BCUT2D eigenvalue weighted by molar-refractivity contribution is -0.122. The second kappa shape index (κ2) is 9.42. The summed E-state index contributed by atoms with van der Waals surface area (Å²) in [4.78, 5) is 16.4. The highest BCUT2D eigenvalue weighted by Crippen LogP contribution is 2.32. The SMILES string of the molecule is Cl.O=C(CCc1ccccc1)N[C@H]1CC[C@H](c2ccc(O)cn2)CC1. The van der Waals surface area contributed by atoms with Crippen LogP contribution in [0.1, 0.15) is 49.3 Å². The smallest absolute Gasteiger partial charge is 0.220 e. The molecule has 0 aliphatic heterocycles. The third-order valence-corrected chi connectivity index (χ3v) is 4.76. The second-order valence-corrected chi connectivity index (χ2v) is 6.54. The fraction of sp³-hybridized carbons (Fsp3) is 0.400. The van der Waals surface area contributed by atoms with Crippen molar-refractivity contribution in [3.8, 4) is 5.75 Å². The molecule has 25 heavy (non-hydrogen) atoms. The van der Waals surface area contributed by atoms with Crippen molar-refractivity contribution >= 4 is 18.3 Å². The summed E-state index contributed by atoms with van der Waals surface area (Å²) in [6.45, 7) is 0. The molecule has 0 atom stereocenters. The highest BCUT2D eigenvalue weighted by Gasteiger charge is 2.24. The van der Waals surface area contributed by atoms with E-state index in [0.29, 0.717) is 12.3 Å². The van der Waals surface area contributed by atoms with Gasteiger partial charge in [-0.2, -0.15) is 0 Å². The summed E-state index contributed by atoms with van der Waals surface area (Å²) >= 11 is 0. The molecule has 0 unspecified atom stereocenters. The first kappa shape index (κ1) is 19.3. The van der Waals surface area contributed by atoms with E-state index in [1.807, 2.05) is 24.3 Å². The maximum absolute atomic E-state index is 12.1. The number of pyridine rings is 1. The predicted octanol–water partition coefficient (Wildman–Crippen LogP) is 3.98. The Kier molecular flexibility index (Phi) is 7.26. The number of nitrogens with one attached hydrogen (secondary N) is 1. The van der Waals surface area contributed by atoms with E-state index in [2.05, 4.69) is 22.4 Å². The molecule has 1 amide bonds. The molecule has 134 valence electrons. The molecule has 2 N–H and O–H groups in total. The average molecular weight is 361 g/mol. The van der Waals surface area contributed by atoms with Crippen LogP contribution in [0.2, 0.25) is 0 Å². The molecule has 1 heterocycles. The first-order valence-electron chi connectivity index (χ1n) is 8.69. The van der Waals surface area contributed by atoms with Gasteiger partial charge in [-0.1, -0.05) is 30.3 Å². The zero-order valence-corrected chi connectivity index (χ0v) is 15.0. The number of benzene rings is 1. The van der Waals surface area contributed by atoms with Crippen molar-refractivity contribution in [1.82, 2.24) is 10.3 Å². The largest absolute Gasteiger partial charge is 0.506 e. The second-order valence-electron chi connectivity index (χ2n) is 6.54. The van der Waals surface area contributed by atoms with Gasteiger partial charge >= 0.3 is 0 Å². The van der Waals surface area contributed by atoms with E-state index < -0.39 is 0 Å². The Morgan fingerprint density at radius 2 is 1.80 bits per heavy atom. The number of hydrogen-bond acceptors (Lipinski definition) is 3. The molecule has 1 aliphatic rings. The standard InChI is InChI=1S/C20H24N2O2.ClH/c23-18-11-12-19(21-14-18)16-7-9-17(10-8-16)22-20(24)13-6-15-4-2-1-3-5-15;/h1-5,11-12,14,16-17,23H,6-10,13H2,(H,22,24);1H/t16-,17-;. The van der Waals surface area contributed by atoms with E-state index in [1.165, 1.54) is 11.8 Å². The number of aryl methyl sites for hydroxylation is 1. The van der Waals surface area contributed by atoms with Crippen molar-refractivity contribution in [3.63, 3.8) is 0 Å².